The molecule has 0 aromatic heterocycles. The summed E-state index contributed by atoms with van der Waals surface area (Å²) in [4.78, 5) is 4.07. The van der Waals surface area contributed by atoms with Crippen LogP contribution in [0.5, 0.6) is 0 Å². The Balaban J connectivity index is 2.69. The second-order valence-electron chi connectivity index (χ2n) is 2.53. The quantitative estimate of drug-likeness (QED) is 0.534. The highest BCUT2D eigenvalue weighted by Crippen LogP contribution is 2.28. The van der Waals surface area contributed by atoms with Gasteiger partial charge in [0.25, 0.3) is 0 Å². The molecular formula is C8H13N. The van der Waals surface area contributed by atoms with Gasteiger partial charge in [-0.1, -0.05) is 19.9 Å². The SMILES string of the molecule is CCC1(CC)C=CN=C1. The van der Waals surface area contributed by atoms with Gasteiger partial charge in [0.15, 0.2) is 0 Å². The van der Waals surface area contributed by atoms with E-state index in [9.17, 15) is 0 Å². The standard InChI is InChI=1S/C8H13N/c1-3-8(4-2)5-6-9-7-8/h5-7H,3-4H2,1-2H3. The smallest absolute Gasteiger partial charge is 0.0248 e. The molecule has 1 rings (SSSR count). The fourth-order valence-corrected chi connectivity index (χ4v) is 1.09. The summed E-state index contributed by atoms with van der Waals surface area (Å²) >= 11 is 0. The molecule has 1 heteroatoms. The number of hydrogen-bond acceptors (Lipinski definition) is 1. The molecule has 9 heavy (non-hydrogen) atoms. The maximum absolute atomic E-state index is 4.07. The van der Waals surface area contributed by atoms with E-state index >= 15 is 0 Å². The molecule has 0 aromatic rings. The summed E-state index contributed by atoms with van der Waals surface area (Å²) < 4.78 is 0. The lowest BCUT2D eigenvalue weighted by molar-refractivity contribution is 0.512. The van der Waals surface area contributed by atoms with Crippen molar-refractivity contribution in [3.05, 3.63) is 12.3 Å². The Morgan fingerprint density at radius 2 is 2.00 bits per heavy atom. The normalized spacial score (nSPS) is 21.1. The van der Waals surface area contributed by atoms with Crippen molar-refractivity contribution >= 4 is 6.21 Å². The zero-order valence-corrected chi connectivity index (χ0v) is 6.09. The molecule has 0 bridgehead atoms. The predicted molar refractivity (Wildman–Crippen MR) is 40.6 cm³/mol. The van der Waals surface area contributed by atoms with Gasteiger partial charge in [-0.25, -0.2) is 0 Å². The van der Waals surface area contributed by atoms with E-state index in [0.29, 0.717) is 5.41 Å². The van der Waals surface area contributed by atoms with Gasteiger partial charge in [0.2, 0.25) is 0 Å². The van der Waals surface area contributed by atoms with Gasteiger partial charge in [-0.2, -0.15) is 0 Å². The summed E-state index contributed by atoms with van der Waals surface area (Å²) in [6, 6.07) is 0. The molecule has 1 aliphatic rings. The van der Waals surface area contributed by atoms with Gasteiger partial charge in [-0.15, -0.1) is 0 Å². The van der Waals surface area contributed by atoms with Crippen LogP contribution in [0.2, 0.25) is 0 Å². The zero-order valence-electron chi connectivity index (χ0n) is 6.09. The Bertz CT molecular complexity index is 127. The Hall–Kier alpha value is -0.590. The first kappa shape index (κ1) is 6.53. The van der Waals surface area contributed by atoms with Crippen LogP contribution in [0.25, 0.3) is 0 Å². The fraction of sp³-hybridized carbons (Fsp3) is 0.625. The maximum atomic E-state index is 4.07. The molecule has 0 unspecified atom stereocenters. The Labute approximate surface area is 56.5 Å². The average molecular weight is 123 g/mol. The average Bonchev–Trinajstić information content (AvgIpc) is 2.36. The van der Waals surface area contributed by atoms with Crippen LogP contribution in [0.15, 0.2) is 17.3 Å². The Morgan fingerprint density at radius 1 is 1.33 bits per heavy atom. The highest BCUT2D eigenvalue weighted by Gasteiger charge is 2.21. The van der Waals surface area contributed by atoms with Gasteiger partial charge >= 0.3 is 0 Å². The van der Waals surface area contributed by atoms with Crippen molar-refractivity contribution in [2.75, 3.05) is 0 Å². The van der Waals surface area contributed by atoms with Crippen molar-refractivity contribution in [2.45, 2.75) is 26.7 Å². The molecule has 0 radical (unpaired) electrons. The van der Waals surface area contributed by atoms with E-state index in [1.54, 1.807) is 0 Å². The van der Waals surface area contributed by atoms with Crippen molar-refractivity contribution < 1.29 is 0 Å². The lowest BCUT2D eigenvalue weighted by atomic mass is 9.85. The Morgan fingerprint density at radius 3 is 2.22 bits per heavy atom. The third-order valence-electron chi connectivity index (χ3n) is 2.14. The monoisotopic (exact) mass is 123 g/mol. The van der Waals surface area contributed by atoms with Crippen LogP contribution in [0.1, 0.15) is 26.7 Å². The summed E-state index contributed by atoms with van der Waals surface area (Å²) in [6.45, 7) is 4.40. The second-order valence-corrected chi connectivity index (χ2v) is 2.53. The minimum Gasteiger partial charge on any atom is -0.268 e. The lowest BCUT2D eigenvalue weighted by Gasteiger charge is -2.18. The second kappa shape index (κ2) is 2.34. The minimum atomic E-state index is 0.306. The van der Waals surface area contributed by atoms with E-state index in [1.165, 1.54) is 12.8 Å². The van der Waals surface area contributed by atoms with Gasteiger partial charge < -0.3 is 0 Å². The van der Waals surface area contributed by atoms with Crippen LogP contribution in [-0.4, -0.2) is 6.21 Å². The van der Waals surface area contributed by atoms with Crippen molar-refractivity contribution in [1.29, 1.82) is 0 Å². The maximum Gasteiger partial charge on any atom is 0.0248 e. The topological polar surface area (TPSA) is 12.4 Å². The number of allylic oxidation sites excluding steroid dienone is 1. The summed E-state index contributed by atoms with van der Waals surface area (Å²) in [5.41, 5.74) is 0.306. The molecule has 0 amide bonds. The molecule has 0 aromatic carbocycles. The fourth-order valence-electron chi connectivity index (χ4n) is 1.09. The van der Waals surface area contributed by atoms with Crippen LogP contribution in [-0.2, 0) is 0 Å². The molecule has 0 fully saturated rings. The number of hydrogen-bond donors (Lipinski definition) is 0. The van der Waals surface area contributed by atoms with E-state index in [0.717, 1.165) is 0 Å². The number of aliphatic imine (C=N–C) groups is 1. The summed E-state index contributed by atoms with van der Waals surface area (Å²) in [5, 5.41) is 0. The van der Waals surface area contributed by atoms with E-state index in [1.807, 2.05) is 12.4 Å². The molecule has 0 atom stereocenters. The molecule has 1 heterocycles. The first-order valence-electron chi connectivity index (χ1n) is 3.55. The highest BCUT2D eigenvalue weighted by atomic mass is 14.7. The van der Waals surface area contributed by atoms with Gasteiger partial charge in [0.1, 0.15) is 0 Å². The summed E-state index contributed by atoms with van der Waals surface area (Å²) in [5.74, 6) is 0. The van der Waals surface area contributed by atoms with Crippen LogP contribution in [0.3, 0.4) is 0 Å². The largest absolute Gasteiger partial charge is 0.268 e. The molecule has 0 saturated heterocycles. The van der Waals surface area contributed by atoms with Gasteiger partial charge in [-0.3, -0.25) is 4.99 Å². The first-order chi connectivity index (χ1) is 4.33. The molecule has 0 saturated carbocycles. The Kier molecular flexibility index (Phi) is 1.70. The van der Waals surface area contributed by atoms with E-state index in [4.69, 9.17) is 0 Å². The zero-order chi connectivity index (χ0) is 6.74. The van der Waals surface area contributed by atoms with E-state index in [-0.39, 0.29) is 0 Å². The molecule has 0 spiro atoms. The van der Waals surface area contributed by atoms with Crippen LogP contribution in [0, 0.1) is 5.41 Å². The van der Waals surface area contributed by atoms with E-state index in [2.05, 4.69) is 24.9 Å². The molecule has 0 aliphatic carbocycles. The van der Waals surface area contributed by atoms with Gasteiger partial charge in [0, 0.05) is 17.8 Å². The summed E-state index contributed by atoms with van der Waals surface area (Å²) in [6.07, 6.45) is 8.47. The van der Waals surface area contributed by atoms with Crippen molar-refractivity contribution in [2.24, 2.45) is 10.4 Å². The van der Waals surface area contributed by atoms with Crippen LogP contribution in [0.4, 0.5) is 0 Å². The number of nitrogens with zero attached hydrogens (tertiary/aromatic N) is 1. The molecule has 1 nitrogen and oxygen atoms in total. The molecule has 1 aliphatic heterocycles. The number of rotatable bonds is 2. The van der Waals surface area contributed by atoms with Crippen LogP contribution >= 0.6 is 0 Å². The molecule has 0 N–H and O–H groups in total. The summed E-state index contributed by atoms with van der Waals surface area (Å²) in [7, 11) is 0. The van der Waals surface area contributed by atoms with Gasteiger partial charge in [0.05, 0.1) is 0 Å². The lowest BCUT2D eigenvalue weighted by Crippen LogP contribution is -2.14. The van der Waals surface area contributed by atoms with Crippen molar-refractivity contribution in [3.63, 3.8) is 0 Å². The van der Waals surface area contributed by atoms with Crippen molar-refractivity contribution in [3.8, 4) is 0 Å². The van der Waals surface area contributed by atoms with Crippen molar-refractivity contribution in [1.82, 2.24) is 0 Å². The highest BCUT2D eigenvalue weighted by molar-refractivity contribution is 5.71. The third kappa shape index (κ3) is 1.04. The third-order valence-corrected chi connectivity index (χ3v) is 2.14. The molecular weight excluding hydrogens is 110 g/mol. The molecule has 50 valence electrons. The van der Waals surface area contributed by atoms with Gasteiger partial charge in [-0.05, 0) is 12.8 Å². The predicted octanol–water partition coefficient (Wildman–Crippen LogP) is 2.39. The van der Waals surface area contributed by atoms with E-state index < -0.39 is 0 Å². The van der Waals surface area contributed by atoms with Crippen LogP contribution < -0.4 is 0 Å². The minimum absolute atomic E-state index is 0.306. The first-order valence-corrected chi connectivity index (χ1v) is 3.55.